The summed E-state index contributed by atoms with van der Waals surface area (Å²) in [5.41, 5.74) is 15.2. The van der Waals surface area contributed by atoms with Crippen molar-refractivity contribution in [3.63, 3.8) is 0 Å². The highest BCUT2D eigenvalue weighted by atomic mass is 32.1. The van der Waals surface area contributed by atoms with Crippen molar-refractivity contribution in [3.05, 3.63) is 176 Å². The molecule has 12 rings (SSSR count). The molecule has 0 saturated carbocycles. The van der Waals surface area contributed by atoms with E-state index < -0.39 is 0 Å². The fraction of sp³-hybridized carbons (Fsp3) is 0. The molecule has 8 aromatic carbocycles. The van der Waals surface area contributed by atoms with Gasteiger partial charge >= 0.3 is 6.85 Å². The van der Waals surface area contributed by atoms with Crippen molar-refractivity contribution in [2.75, 3.05) is 4.81 Å². The molecule has 0 fully saturated rings. The van der Waals surface area contributed by atoms with Gasteiger partial charge in [0, 0.05) is 43.5 Å². The van der Waals surface area contributed by atoms with E-state index in [0.29, 0.717) is 0 Å². The third kappa shape index (κ3) is 3.85. The standard InChI is InChI=1S/C48H29BN2S/c1-3-12-30(13-4-1)32-22-24-36(25-23-32)51-42-28-34-17-8-7-16-33(34)26-39(42)40-27-35(31-14-5-2-6-15-31)29-43-46(40)49(51)41-20-11-19-38-45-37-18-9-10-21-44(37)52-48(45)50(43)47(38)41/h1-29H. The summed E-state index contributed by atoms with van der Waals surface area (Å²) < 4.78 is 3.94. The number of nitrogens with zero attached hydrogens (tertiary/aromatic N) is 2. The van der Waals surface area contributed by atoms with Crippen LogP contribution in [0.3, 0.4) is 0 Å². The van der Waals surface area contributed by atoms with Crippen molar-refractivity contribution in [2.45, 2.75) is 0 Å². The summed E-state index contributed by atoms with van der Waals surface area (Å²) in [5.74, 6) is 0. The summed E-state index contributed by atoms with van der Waals surface area (Å²) >= 11 is 1.91. The van der Waals surface area contributed by atoms with E-state index in [4.69, 9.17) is 0 Å². The minimum atomic E-state index is -0.0162. The van der Waals surface area contributed by atoms with Gasteiger partial charge in [0.1, 0.15) is 4.83 Å². The Labute approximate surface area is 305 Å². The molecular weight excluding hydrogens is 647 g/mol. The Bertz CT molecular complexity index is 3070. The van der Waals surface area contributed by atoms with Gasteiger partial charge in [-0.25, -0.2) is 0 Å². The van der Waals surface area contributed by atoms with Gasteiger partial charge in [-0.05, 0) is 92.0 Å². The first-order chi connectivity index (χ1) is 25.8. The van der Waals surface area contributed by atoms with Crippen LogP contribution >= 0.6 is 11.3 Å². The van der Waals surface area contributed by atoms with Crippen molar-refractivity contribution in [1.82, 2.24) is 4.57 Å². The van der Waals surface area contributed by atoms with Crippen LogP contribution < -0.4 is 15.7 Å². The highest BCUT2D eigenvalue weighted by Gasteiger charge is 2.44. The number of rotatable bonds is 3. The van der Waals surface area contributed by atoms with Crippen LogP contribution in [0.1, 0.15) is 0 Å². The normalized spacial score (nSPS) is 12.9. The number of benzene rings is 8. The lowest BCUT2D eigenvalue weighted by atomic mass is 9.44. The quantitative estimate of drug-likeness (QED) is 0.169. The summed E-state index contributed by atoms with van der Waals surface area (Å²) in [7, 11) is 0. The predicted molar refractivity (Wildman–Crippen MR) is 224 cm³/mol. The first kappa shape index (κ1) is 28.4. The molecule has 2 aromatic heterocycles. The van der Waals surface area contributed by atoms with Crippen LogP contribution in [0.15, 0.2) is 176 Å². The zero-order chi connectivity index (χ0) is 33.9. The molecule has 0 N–H and O–H groups in total. The summed E-state index contributed by atoms with van der Waals surface area (Å²) in [4.78, 5) is 3.94. The number of thiophene rings is 1. The third-order valence-electron chi connectivity index (χ3n) is 11.3. The SMILES string of the molecule is c1ccc(-c2ccc(N3B4c5c(cc(-c6ccccc6)cc5-n5c6sc7ccccc7c6c6cccc4c65)-c4cc5ccccc5cc43)cc2)cc1. The van der Waals surface area contributed by atoms with E-state index >= 15 is 0 Å². The monoisotopic (exact) mass is 676 g/mol. The van der Waals surface area contributed by atoms with Crippen LogP contribution in [0.4, 0.5) is 11.4 Å². The molecule has 0 amide bonds. The third-order valence-corrected chi connectivity index (χ3v) is 12.5. The molecule has 240 valence electrons. The second-order valence-corrected chi connectivity index (χ2v) is 15.1. The zero-order valence-corrected chi connectivity index (χ0v) is 28.9. The smallest absolute Gasteiger partial charge is 0.333 e. The molecule has 0 spiro atoms. The zero-order valence-electron chi connectivity index (χ0n) is 28.1. The van der Waals surface area contributed by atoms with Gasteiger partial charge in [0.2, 0.25) is 0 Å². The maximum absolute atomic E-state index is 2.63. The van der Waals surface area contributed by atoms with Crippen molar-refractivity contribution >= 4 is 82.5 Å². The van der Waals surface area contributed by atoms with Crippen molar-refractivity contribution in [3.8, 4) is 39.1 Å². The molecule has 0 saturated heterocycles. The molecular formula is C48H29BN2S. The van der Waals surface area contributed by atoms with Gasteiger partial charge in [-0.3, -0.25) is 0 Å². The maximum Gasteiger partial charge on any atom is 0.333 e. The number of fused-ring (bicyclic) bond motifs is 10. The lowest BCUT2D eigenvalue weighted by Crippen LogP contribution is -2.60. The number of hydrogen-bond donors (Lipinski definition) is 0. The van der Waals surface area contributed by atoms with Gasteiger partial charge in [0.05, 0.1) is 5.52 Å². The molecule has 0 bridgehead atoms. The van der Waals surface area contributed by atoms with Gasteiger partial charge in [-0.2, -0.15) is 0 Å². The van der Waals surface area contributed by atoms with Crippen LogP contribution in [0.25, 0.3) is 81.0 Å². The van der Waals surface area contributed by atoms with E-state index in [0.717, 1.165) is 0 Å². The molecule has 52 heavy (non-hydrogen) atoms. The van der Waals surface area contributed by atoms with Crippen LogP contribution in [0, 0.1) is 0 Å². The van der Waals surface area contributed by atoms with Gasteiger partial charge in [-0.1, -0.05) is 133 Å². The topological polar surface area (TPSA) is 8.17 Å². The Morgan fingerprint density at radius 3 is 1.90 bits per heavy atom. The van der Waals surface area contributed by atoms with Crippen LogP contribution in [0.5, 0.6) is 0 Å². The minimum Gasteiger partial charge on any atom is -0.376 e. The average Bonchev–Trinajstić information content (AvgIpc) is 3.75. The minimum absolute atomic E-state index is 0.0162. The molecule has 0 aliphatic carbocycles. The Balaban J connectivity index is 1.23. The number of hydrogen-bond acceptors (Lipinski definition) is 2. The summed E-state index contributed by atoms with van der Waals surface area (Å²) in [6, 6.07) is 65.3. The Hall–Kier alpha value is -6.36. The van der Waals surface area contributed by atoms with Crippen molar-refractivity contribution in [2.24, 2.45) is 0 Å². The lowest BCUT2D eigenvalue weighted by Gasteiger charge is -2.42. The van der Waals surface area contributed by atoms with Gasteiger partial charge in [-0.15, -0.1) is 11.3 Å². The molecule has 0 unspecified atom stereocenters. The first-order valence-corrected chi connectivity index (χ1v) is 18.8. The maximum atomic E-state index is 2.63. The van der Waals surface area contributed by atoms with Crippen LogP contribution in [-0.4, -0.2) is 11.4 Å². The first-order valence-electron chi connectivity index (χ1n) is 18.0. The van der Waals surface area contributed by atoms with Gasteiger partial charge in [0.15, 0.2) is 0 Å². The number of para-hydroxylation sites is 1. The molecule has 10 aromatic rings. The summed E-state index contributed by atoms with van der Waals surface area (Å²) in [6.45, 7) is -0.0162. The Morgan fingerprint density at radius 2 is 1.12 bits per heavy atom. The molecule has 2 aliphatic rings. The van der Waals surface area contributed by atoms with Gasteiger partial charge in [0.25, 0.3) is 0 Å². The second-order valence-electron chi connectivity index (χ2n) is 14.1. The van der Waals surface area contributed by atoms with Gasteiger partial charge < -0.3 is 9.38 Å². The summed E-state index contributed by atoms with van der Waals surface area (Å²) in [5, 5.41) is 6.52. The molecule has 0 atom stereocenters. The lowest BCUT2D eigenvalue weighted by molar-refractivity contribution is 1.19. The van der Waals surface area contributed by atoms with Crippen molar-refractivity contribution in [1.29, 1.82) is 0 Å². The van der Waals surface area contributed by atoms with E-state index in [2.05, 4.69) is 185 Å². The molecule has 4 heterocycles. The largest absolute Gasteiger partial charge is 0.376 e. The molecule has 4 heteroatoms. The molecule has 2 aliphatic heterocycles. The van der Waals surface area contributed by atoms with E-state index in [-0.39, 0.29) is 6.85 Å². The predicted octanol–water partition coefficient (Wildman–Crippen LogP) is 11.7. The molecule has 0 radical (unpaired) electrons. The van der Waals surface area contributed by atoms with E-state index in [1.165, 1.54) is 103 Å². The van der Waals surface area contributed by atoms with Crippen molar-refractivity contribution < 1.29 is 0 Å². The Morgan fingerprint density at radius 1 is 0.462 bits per heavy atom. The fourth-order valence-corrected chi connectivity index (χ4v) is 10.3. The summed E-state index contributed by atoms with van der Waals surface area (Å²) in [6.07, 6.45) is 0. The van der Waals surface area contributed by atoms with E-state index in [9.17, 15) is 0 Å². The number of anilines is 2. The molecule has 2 nitrogen and oxygen atoms in total. The van der Waals surface area contributed by atoms with Crippen LogP contribution in [-0.2, 0) is 0 Å². The number of aromatic nitrogens is 1. The van der Waals surface area contributed by atoms with E-state index in [1.54, 1.807) is 0 Å². The fourth-order valence-electron chi connectivity index (χ4n) is 9.08. The second kappa shape index (κ2) is 10.6. The highest BCUT2D eigenvalue weighted by Crippen LogP contribution is 2.49. The average molecular weight is 677 g/mol. The highest BCUT2D eigenvalue weighted by molar-refractivity contribution is 7.26. The van der Waals surface area contributed by atoms with E-state index in [1.807, 2.05) is 11.3 Å². The van der Waals surface area contributed by atoms with Crippen LogP contribution in [0.2, 0.25) is 0 Å². The Kier molecular flexibility index (Phi) is 5.77.